The Hall–Kier alpha value is -3.42. The number of carbonyl (C=O) groups is 2. The molecule has 8 heteroatoms. The molecule has 0 aliphatic carbocycles. The molecule has 0 N–H and O–H groups in total. The zero-order chi connectivity index (χ0) is 22.5. The lowest BCUT2D eigenvalue weighted by Crippen LogP contribution is -2.55. The summed E-state index contributed by atoms with van der Waals surface area (Å²) in [7, 11) is 6.08. The van der Waals surface area contributed by atoms with E-state index >= 15 is 0 Å². The van der Waals surface area contributed by atoms with Crippen molar-refractivity contribution in [1.82, 2.24) is 9.80 Å². The third kappa shape index (κ3) is 4.23. The van der Waals surface area contributed by atoms with E-state index in [4.69, 9.17) is 18.9 Å². The van der Waals surface area contributed by atoms with Crippen LogP contribution in [0.1, 0.15) is 27.6 Å². The van der Waals surface area contributed by atoms with Crippen molar-refractivity contribution in [3.05, 3.63) is 47.5 Å². The molecule has 1 aliphatic rings. The van der Waals surface area contributed by atoms with Crippen LogP contribution in [0.3, 0.4) is 0 Å². The number of rotatable bonds is 6. The highest BCUT2D eigenvalue weighted by molar-refractivity contribution is 6.01. The fourth-order valence-corrected chi connectivity index (χ4v) is 3.87. The third-order valence-corrected chi connectivity index (χ3v) is 5.46. The summed E-state index contributed by atoms with van der Waals surface area (Å²) in [5.41, 5.74) is 0.761. The predicted octanol–water partition coefficient (Wildman–Crippen LogP) is 2.71. The van der Waals surface area contributed by atoms with Gasteiger partial charge in [0.25, 0.3) is 11.8 Å². The lowest BCUT2D eigenvalue weighted by atomic mass is 10.1. The molecule has 1 atom stereocenters. The first-order chi connectivity index (χ1) is 15.0. The summed E-state index contributed by atoms with van der Waals surface area (Å²) in [6.45, 7) is 3.06. The summed E-state index contributed by atoms with van der Waals surface area (Å²) in [6, 6.07) is 10.3. The van der Waals surface area contributed by atoms with E-state index in [2.05, 4.69) is 0 Å². The van der Waals surface area contributed by atoms with Gasteiger partial charge in [-0.2, -0.15) is 0 Å². The molecule has 0 aromatic heterocycles. The highest BCUT2D eigenvalue weighted by Crippen LogP contribution is 2.32. The fraction of sp³-hybridized carbons (Fsp3) is 0.391. The summed E-state index contributed by atoms with van der Waals surface area (Å²) >= 11 is 0. The summed E-state index contributed by atoms with van der Waals surface area (Å²) in [5.74, 6) is 1.43. The fourth-order valence-electron chi connectivity index (χ4n) is 3.87. The van der Waals surface area contributed by atoms with Gasteiger partial charge < -0.3 is 28.7 Å². The summed E-state index contributed by atoms with van der Waals surface area (Å²) in [6.07, 6.45) is 0. The maximum Gasteiger partial charge on any atom is 0.261 e. The largest absolute Gasteiger partial charge is 0.496 e. The number of hydrogen-bond acceptors (Lipinski definition) is 6. The van der Waals surface area contributed by atoms with Crippen molar-refractivity contribution in [2.24, 2.45) is 0 Å². The summed E-state index contributed by atoms with van der Waals surface area (Å²) in [4.78, 5) is 30.1. The molecule has 2 aromatic carbocycles. The molecule has 0 radical (unpaired) electrons. The summed E-state index contributed by atoms with van der Waals surface area (Å²) in [5, 5.41) is 0. The van der Waals surface area contributed by atoms with E-state index in [1.807, 2.05) is 6.92 Å². The molecule has 2 aromatic rings. The van der Waals surface area contributed by atoms with Crippen LogP contribution in [-0.2, 0) is 0 Å². The molecule has 1 heterocycles. The van der Waals surface area contributed by atoms with Crippen LogP contribution in [0.4, 0.5) is 0 Å². The van der Waals surface area contributed by atoms with Crippen molar-refractivity contribution in [1.29, 1.82) is 0 Å². The minimum absolute atomic E-state index is 0.191. The van der Waals surface area contributed by atoms with Gasteiger partial charge in [-0.1, -0.05) is 12.1 Å². The zero-order valence-electron chi connectivity index (χ0n) is 18.5. The lowest BCUT2D eigenvalue weighted by molar-refractivity contribution is 0.0407. The Labute approximate surface area is 182 Å². The van der Waals surface area contributed by atoms with Crippen molar-refractivity contribution in [2.75, 3.05) is 48.1 Å². The molecule has 0 bridgehead atoms. The van der Waals surface area contributed by atoms with Crippen molar-refractivity contribution in [2.45, 2.75) is 13.0 Å². The van der Waals surface area contributed by atoms with Crippen molar-refractivity contribution in [3.8, 4) is 23.0 Å². The van der Waals surface area contributed by atoms with E-state index < -0.39 is 0 Å². The Morgan fingerprint density at radius 3 is 1.55 bits per heavy atom. The highest BCUT2D eigenvalue weighted by atomic mass is 16.5. The van der Waals surface area contributed by atoms with Gasteiger partial charge in [-0.3, -0.25) is 9.59 Å². The molecule has 0 unspecified atom stereocenters. The highest BCUT2D eigenvalue weighted by Gasteiger charge is 2.34. The van der Waals surface area contributed by atoms with Gasteiger partial charge in [0.05, 0.1) is 28.4 Å². The average molecular weight is 428 g/mol. The van der Waals surface area contributed by atoms with Crippen LogP contribution in [0.5, 0.6) is 23.0 Å². The monoisotopic (exact) mass is 428 g/mol. The number of piperazine rings is 1. The van der Waals surface area contributed by atoms with Gasteiger partial charge >= 0.3 is 0 Å². The van der Waals surface area contributed by atoms with Gasteiger partial charge in [0.15, 0.2) is 0 Å². The lowest BCUT2D eigenvalue weighted by Gasteiger charge is -2.40. The van der Waals surface area contributed by atoms with Gasteiger partial charge in [0.2, 0.25) is 0 Å². The molecule has 166 valence electrons. The molecule has 1 fully saturated rings. The number of carbonyl (C=O) groups excluding carboxylic acids is 2. The van der Waals surface area contributed by atoms with Crippen LogP contribution in [0.2, 0.25) is 0 Å². The SMILES string of the molecule is COc1cccc(OC)c1C(=O)N1CCN(C(=O)c2c(OC)cccc2OC)[C@H](C)C1. The van der Waals surface area contributed by atoms with E-state index in [1.165, 1.54) is 28.4 Å². The van der Waals surface area contributed by atoms with E-state index in [0.717, 1.165) is 0 Å². The van der Waals surface area contributed by atoms with Gasteiger partial charge in [-0.15, -0.1) is 0 Å². The van der Waals surface area contributed by atoms with Gasteiger partial charge in [0.1, 0.15) is 34.1 Å². The van der Waals surface area contributed by atoms with E-state index in [9.17, 15) is 9.59 Å². The number of benzene rings is 2. The number of nitrogens with zero attached hydrogens (tertiary/aromatic N) is 2. The molecule has 2 amide bonds. The van der Waals surface area contributed by atoms with E-state index in [1.54, 1.807) is 46.2 Å². The van der Waals surface area contributed by atoms with Crippen LogP contribution in [0.15, 0.2) is 36.4 Å². The third-order valence-electron chi connectivity index (χ3n) is 5.46. The first-order valence-electron chi connectivity index (χ1n) is 9.99. The topological polar surface area (TPSA) is 77.5 Å². The molecule has 0 spiro atoms. The zero-order valence-corrected chi connectivity index (χ0v) is 18.5. The minimum atomic E-state index is -0.208. The number of ether oxygens (including phenoxy) is 4. The van der Waals surface area contributed by atoms with Gasteiger partial charge in [-0.25, -0.2) is 0 Å². The smallest absolute Gasteiger partial charge is 0.261 e. The molecule has 8 nitrogen and oxygen atoms in total. The Balaban J connectivity index is 1.83. The molecule has 0 saturated carbocycles. The molecule has 1 saturated heterocycles. The number of hydrogen-bond donors (Lipinski definition) is 0. The standard InChI is InChI=1S/C23H28N2O6/c1-15-14-24(22(26)20-16(28-2)8-6-9-17(20)29-3)12-13-25(15)23(27)21-18(30-4)10-7-11-19(21)31-5/h6-11,15H,12-14H2,1-5H3/t15-/m1/s1. The normalized spacial score (nSPS) is 16.0. The van der Waals surface area contributed by atoms with Crippen molar-refractivity contribution in [3.63, 3.8) is 0 Å². The van der Waals surface area contributed by atoms with E-state index in [-0.39, 0.29) is 17.9 Å². The second kappa shape index (κ2) is 9.59. The second-order valence-electron chi connectivity index (χ2n) is 7.17. The Morgan fingerprint density at radius 1 is 0.742 bits per heavy atom. The van der Waals surface area contributed by atoms with Crippen LogP contribution < -0.4 is 18.9 Å². The second-order valence-corrected chi connectivity index (χ2v) is 7.17. The number of amides is 2. The summed E-state index contributed by atoms with van der Waals surface area (Å²) < 4.78 is 21.5. The molecule has 1 aliphatic heterocycles. The average Bonchev–Trinajstić information content (AvgIpc) is 2.81. The van der Waals surface area contributed by atoms with Gasteiger partial charge in [0, 0.05) is 25.7 Å². The Kier molecular flexibility index (Phi) is 6.89. The minimum Gasteiger partial charge on any atom is -0.496 e. The quantitative estimate of drug-likeness (QED) is 0.704. The first kappa shape index (κ1) is 22.3. The molecular formula is C23H28N2O6. The van der Waals surface area contributed by atoms with Crippen molar-refractivity contribution < 1.29 is 28.5 Å². The Bertz CT molecular complexity index is 917. The number of methoxy groups -OCH3 is 4. The first-order valence-corrected chi connectivity index (χ1v) is 9.99. The Morgan fingerprint density at radius 2 is 1.16 bits per heavy atom. The molecule has 3 rings (SSSR count). The van der Waals surface area contributed by atoms with Gasteiger partial charge in [-0.05, 0) is 31.2 Å². The van der Waals surface area contributed by atoms with Crippen molar-refractivity contribution >= 4 is 11.8 Å². The molecular weight excluding hydrogens is 400 g/mol. The maximum absolute atomic E-state index is 13.3. The van der Waals surface area contributed by atoms with Crippen LogP contribution in [-0.4, -0.2) is 75.7 Å². The van der Waals surface area contributed by atoms with Crippen LogP contribution >= 0.6 is 0 Å². The molecule has 31 heavy (non-hydrogen) atoms. The predicted molar refractivity (Wildman–Crippen MR) is 115 cm³/mol. The maximum atomic E-state index is 13.3. The van der Waals surface area contributed by atoms with E-state index in [0.29, 0.717) is 53.8 Å². The van der Waals surface area contributed by atoms with Crippen LogP contribution in [0, 0.1) is 0 Å². The van der Waals surface area contributed by atoms with Crippen LogP contribution in [0.25, 0.3) is 0 Å².